The van der Waals surface area contributed by atoms with E-state index in [0.29, 0.717) is 12.8 Å². The fourth-order valence-corrected chi connectivity index (χ4v) is 2.74. The lowest BCUT2D eigenvalue weighted by atomic mass is 10.1. The Bertz CT molecular complexity index is 456. The second-order valence-corrected chi connectivity index (χ2v) is 5.66. The molecule has 2 heterocycles. The Hall–Kier alpha value is -1.17. The second kappa shape index (κ2) is 3.20. The average Bonchev–Trinajstić information content (AvgIpc) is 2.26. The van der Waals surface area contributed by atoms with Gasteiger partial charge in [0.25, 0.3) is 0 Å². The van der Waals surface area contributed by atoms with E-state index in [1.807, 2.05) is 0 Å². The van der Waals surface area contributed by atoms with E-state index in [9.17, 15) is 8.42 Å². The Balaban J connectivity index is 2.39. The normalized spacial score (nSPS) is 19.7. The molecule has 76 valence electrons. The van der Waals surface area contributed by atoms with Gasteiger partial charge in [0.05, 0.1) is 17.2 Å². The number of nitrogens with two attached hydrogens (primary N) is 1. The predicted octanol–water partition coefficient (Wildman–Crippen LogP) is -0.428. The molecular weight excluding hydrogens is 202 g/mol. The van der Waals surface area contributed by atoms with Gasteiger partial charge >= 0.3 is 0 Å². The Morgan fingerprint density at radius 3 is 2.79 bits per heavy atom. The first-order chi connectivity index (χ1) is 6.57. The lowest BCUT2D eigenvalue weighted by Gasteiger charge is -2.02. The minimum absolute atomic E-state index is 0.163. The third kappa shape index (κ3) is 1.84. The van der Waals surface area contributed by atoms with Gasteiger partial charge in [-0.3, -0.25) is 0 Å². The molecule has 0 atom stereocenters. The molecular formula is C8H11N3O2S. The molecule has 0 bridgehead atoms. The number of hydrogen-bond donors (Lipinski definition) is 1. The lowest BCUT2D eigenvalue weighted by molar-refractivity contribution is 0.596. The van der Waals surface area contributed by atoms with E-state index in [1.54, 1.807) is 6.20 Å². The van der Waals surface area contributed by atoms with Crippen LogP contribution in [0.15, 0.2) is 6.20 Å². The van der Waals surface area contributed by atoms with Gasteiger partial charge in [0.15, 0.2) is 9.84 Å². The van der Waals surface area contributed by atoms with Crippen molar-refractivity contribution < 1.29 is 8.42 Å². The third-order valence-corrected chi connectivity index (χ3v) is 3.96. The summed E-state index contributed by atoms with van der Waals surface area (Å²) in [6.07, 6.45) is 2.57. The van der Waals surface area contributed by atoms with Crippen LogP contribution in [0.4, 0.5) is 5.95 Å². The van der Waals surface area contributed by atoms with Gasteiger partial charge in [-0.25, -0.2) is 18.4 Å². The smallest absolute Gasteiger partial charge is 0.220 e. The van der Waals surface area contributed by atoms with Crippen molar-refractivity contribution in [3.05, 3.63) is 17.5 Å². The van der Waals surface area contributed by atoms with Gasteiger partial charge in [-0.05, 0) is 12.0 Å². The number of fused-ring (bicyclic) bond motifs is 1. The lowest BCUT2D eigenvalue weighted by Crippen LogP contribution is -2.10. The fraction of sp³-hybridized carbons (Fsp3) is 0.500. The molecule has 0 fully saturated rings. The zero-order chi connectivity index (χ0) is 10.2. The van der Waals surface area contributed by atoms with Crippen molar-refractivity contribution in [2.24, 2.45) is 0 Å². The number of anilines is 1. The molecule has 1 aromatic rings. The molecule has 14 heavy (non-hydrogen) atoms. The summed E-state index contributed by atoms with van der Waals surface area (Å²) >= 11 is 0. The highest BCUT2D eigenvalue weighted by Gasteiger charge is 2.19. The van der Waals surface area contributed by atoms with E-state index in [2.05, 4.69) is 9.97 Å². The SMILES string of the molecule is Nc1ncc2c(n1)CCS(=O)(=O)CC2. The number of rotatable bonds is 0. The van der Waals surface area contributed by atoms with Crippen LogP contribution in [-0.2, 0) is 22.7 Å². The average molecular weight is 213 g/mol. The number of sulfone groups is 1. The third-order valence-electron chi connectivity index (χ3n) is 2.31. The Morgan fingerprint density at radius 1 is 1.29 bits per heavy atom. The second-order valence-electron chi connectivity index (χ2n) is 3.35. The van der Waals surface area contributed by atoms with Crippen LogP contribution < -0.4 is 5.73 Å². The molecule has 5 nitrogen and oxygen atoms in total. The van der Waals surface area contributed by atoms with Gasteiger partial charge in [0, 0.05) is 12.6 Å². The first-order valence-electron chi connectivity index (χ1n) is 4.37. The number of aromatic nitrogens is 2. The van der Waals surface area contributed by atoms with Gasteiger partial charge in [0.1, 0.15) is 0 Å². The fourth-order valence-electron chi connectivity index (χ4n) is 1.50. The summed E-state index contributed by atoms with van der Waals surface area (Å²) < 4.78 is 22.7. The maximum Gasteiger partial charge on any atom is 0.220 e. The van der Waals surface area contributed by atoms with Crippen molar-refractivity contribution in [3.63, 3.8) is 0 Å². The molecule has 1 aliphatic rings. The van der Waals surface area contributed by atoms with Gasteiger partial charge in [-0.15, -0.1) is 0 Å². The van der Waals surface area contributed by atoms with Gasteiger partial charge in [-0.2, -0.15) is 0 Å². The van der Waals surface area contributed by atoms with Crippen molar-refractivity contribution in [2.75, 3.05) is 17.2 Å². The van der Waals surface area contributed by atoms with E-state index < -0.39 is 9.84 Å². The molecule has 0 unspecified atom stereocenters. The minimum atomic E-state index is -2.91. The van der Waals surface area contributed by atoms with Crippen LogP contribution in [-0.4, -0.2) is 29.9 Å². The molecule has 0 saturated carbocycles. The van der Waals surface area contributed by atoms with E-state index in [4.69, 9.17) is 5.73 Å². The van der Waals surface area contributed by atoms with Crippen LogP contribution in [0, 0.1) is 0 Å². The number of hydrogen-bond acceptors (Lipinski definition) is 5. The van der Waals surface area contributed by atoms with E-state index >= 15 is 0 Å². The number of aryl methyl sites for hydroxylation is 2. The quantitative estimate of drug-likeness (QED) is 0.632. The molecule has 0 saturated heterocycles. The number of nitrogen functional groups attached to an aromatic ring is 1. The Labute approximate surface area is 82.3 Å². The summed E-state index contributed by atoms with van der Waals surface area (Å²) in [6, 6.07) is 0. The molecule has 1 aliphatic heterocycles. The molecule has 0 aliphatic carbocycles. The molecule has 0 radical (unpaired) electrons. The topological polar surface area (TPSA) is 85.9 Å². The van der Waals surface area contributed by atoms with Crippen LogP contribution in [0.25, 0.3) is 0 Å². The highest BCUT2D eigenvalue weighted by atomic mass is 32.2. The molecule has 0 spiro atoms. The summed E-state index contributed by atoms with van der Waals surface area (Å²) in [4.78, 5) is 7.90. The van der Waals surface area contributed by atoms with Crippen molar-refractivity contribution in [2.45, 2.75) is 12.8 Å². The van der Waals surface area contributed by atoms with Crippen LogP contribution >= 0.6 is 0 Å². The zero-order valence-electron chi connectivity index (χ0n) is 7.60. The largest absolute Gasteiger partial charge is 0.368 e. The monoisotopic (exact) mass is 213 g/mol. The summed E-state index contributed by atoms with van der Waals surface area (Å²) in [6.45, 7) is 0. The van der Waals surface area contributed by atoms with Crippen molar-refractivity contribution in [1.82, 2.24) is 9.97 Å². The van der Waals surface area contributed by atoms with Crippen LogP contribution in [0.2, 0.25) is 0 Å². The predicted molar refractivity (Wildman–Crippen MR) is 52.5 cm³/mol. The van der Waals surface area contributed by atoms with Gasteiger partial charge in [-0.1, -0.05) is 0 Å². The Kier molecular flexibility index (Phi) is 2.14. The molecule has 1 aromatic heterocycles. The van der Waals surface area contributed by atoms with E-state index in [-0.39, 0.29) is 17.5 Å². The van der Waals surface area contributed by atoms with Gasteiger partial charge < -0.3 is 5.73 Å². The number of nitrogens with zero attached hydrogens (tertiary/aromatic N) is 2. The molecule has 2 N–H and O–H groups in total. The van der Waals surface area contributed by atoms with Crippen molar-refractivity contribution >= 4 is 15.8 Å². The summed E-state index contributed by atoms with van der Waals surface area (Å²) in [7, 11) is -2.91. The molecule has 0 amide bonds. The summed E-state index contributed by atoms with van der Waals surface area (Å²) in [5, 5.41) is 0. The highest BCUT2D eigenvalue weighted by molar-refractivity contribution is 7.91. The molecule has 0 aromatic carbocycles. The van der Waals surface area contributed by atoms with Crippen LogP contribution in [0.3, 0.4) is 0 Å². The van der Waals surface area contributed by atoms with Crippen LogP contribution in [0.5, 0.6) is 0 Å². The van der Waals surface area contributed by atoms with E-state index in [1.165, 1.54) is 0 Å². The maximum atomic E-state index is 11.3. The molecule has 2 rings (SSSR count). The summed E-state index contributed by atoms with van der Waals surface area (Å²) in [5.41, 5.74) is 7.11. The van der Waals surface area contributed by atoms with Crippen molar-refractivity contribution in [1.29, 1.82) is 0 Å². The zero-order valence-corrected chi connectivity index (χ0v) is 8.42. The first-order valence-corrected chi connectivity index (χ1v) is 6.20. The van der Waals surface area contributed by atoms with Crippen molar-refractivity contribution in [3.8, 4) is 0 Å². The Morgan fingerprint density at radius 2 is 2.00 bits per heavy atom. The summed E-state index contributed by atoms with van der Waals surface area (Å²) in [5.74, 6) is 0.562. The van der Waals surface area contributed by atoms with Gasteiger partial charge in [0.2, 0.25) is 5.95 Å². The highest BCUT2D eigenvalue weighted by Crippen LogP contribution is 2.14. The van der Waals surface area contributed by atoms with Crippen LogP contribution in [0.1, 0.15) is 11.3 Å². The van der Waals surface area contributed by atoms with E-state index in [0.717, 1.165) is 11.3 Å². The standard InChI is InChI=1S/C8H11N3O2S/c9-8-10-5-6-1-3-14(12,13)4-2-7(6)11-8/h5H,1-4H2,(H2,9,10,11). The molecule has 6 heteroatoms. The maximum absolute atomic E-state index is 11.3. The first kappa shape index (κ1) is 9.39. The minimum Gasteiger partial charge on any atom is -0.368 e.